The molecule has 0 bridgehead atoms. The van der Waals surface area contributed by atoms with Crippen molar-refractivity contribution in [2.24, 2.45) is 0 Å². The third-order valence-corrected chi connectivity index (χ3v) is 6.53. The Bertz CT molecular complexity index is 1280. The highest BCUT2D eigenvalue weighted by Gasteiger charge is 2.30. The largest absolute Gasteiger partial charge is 0.508 e. The second kappa shape index (κ2) is 9.93. The van der Waals surface area contributed by atoms with Crippen LogP contribution >= 0.6 is 11.8 Å². The number of alkyl halides is 3. The second-order valence-electron chi connectivity index (χ2n) is 7.92. The highest BCUT2D eigenvalue weighted by molar-refractivity contribution is 7.98. The molecule has 176 valence electrons. The average molecular weight is 487 g/mol. The first-order chi connectivity index (χ1) is 16.2. The Kier molecular flexibility index (Phi) is 6.97. The summed E-state index contributed by atoms with van der Waals surface area (Å²) in [5, 5.41) is 14.4. The van der Waals surface area contributed by atoms with Gasteiger partial charge in [0.1, 0.15) is 11.6 Å². The van der Waals surface area contributed by atoms with Gasteiger partial charge in [-0.25, -0.2) is 9.07 Å². The first-order valence-electron chi connectivity index (χ1n) is 10.6. The standard InChI is InChI=1S/C26H22F4N2OS/c1-17-14-22(11-13-25(17)33)34-16-19-15-32(21-9-7-20(8-10-21)26(28,29)30)31-24(19)12-6-18-4-2-3-5-23(18)27/h2-5,7-11,13-15,33H,6,12,16H2,1H3. The van der Waals surface area contributed by atoms with Crippen molar-refractivity contribution >= 4 is 11.8 Å². The number of aromatic hydroxyl groups is 1. The van der Waals surface area contributed by atoms with E-state index >= 15 is 0 Å². The van der Waals surface area contributed by atoms with E-state index in [4.69, 9.17) is 0 Å². The van der Waals surface area contributed by atoms with E-state index in [9.17, 15) is 22.7 Å². The van der Waals surface area contributed by atoms with Gasteiger partial charge in [-0.05, 0) is 79.4 Å². The molecule has 0 fully saturated rings. The number of phenolic OH excluding ortho intramolecular Hbond substituents is 1. The molecule has 0 amide bonds. The van der Waals surface area contributed by atoms with Crippen molar-refractivity contribution in [1.82, 2.24) is 9.78 Å². The van der Waals surface area contributed by atoms with Crippen LogP contribution in [0, 0.1) is 12.7 Å². The summed E-state index contributed by atoms with van der Waals surface area (Å²) < 4.78 is 54.4. The van der Waals surface area contributed by atoms with Crippen molar-refractivity contribution in [1.29, 1.82) is 0 Å². The molecular formula is C26H22F4N2OS. The molecule has 0 radical (unpaired) electrons. The maximum absolute atomic E-state index is 14.1. The summed E-state index contributed by atoms with van der Waals surface area (Å²) in [4.78, 5) is 0.970. The van der Waals surface area contributed by atoms with Gasteiger partial charge in [-0.2, -0.15) is 18.3 Å². The summed E-state index contributed by atoms with van der Waals surface area (Å²) in [6, 6.07) is 16.8. The van der Waals surface area contributed by atoms with Crippen molar-refractivity contribution in [2.75, 3.05) is 0 Å². The van der Waals surface area contributed by atoms with Crippen LogP contribution in [0.25, 0.3) is 5.69 Å². The molecule has 1 N–H and O–H groups in total. The van der Waals surface area contributed by atoms with Crippen LogP contribution in [0.15, 0.2) is 77.8 Å². The number of phenols is 1. The van der Waals surface area contributed by atoms with Gasteiger partial charge in [0, 0.05) is 22.4 Å². The fourth-order valence-electron chi connectivity index (χ4n) is 3.54. The van der Waals surface area contributed by atoms with Crippen molar-refractivity contribution in [3.8, 4) is 11.4 Å². The molecule has 0 unspecified atom stereocenters. The zero-order chi connectivity index (χ0) is 24.3. The quantitative estimate of drug-likeness (QED) is 0.223. The Balaban J connectivity index is 1.59. The van der Waals surface area contributed by atoms with Gasteiger partial charge in [-0.1, -0.05) is 18.2 Å². The molecule has 34 heavy (non-hydrogen) atoms. The maximum atomic E-state index is 14.1. The normalized spacial score (nSPS) is 11.7. The van der Waals surface area contributed by atoms with Crippen molar-refractivity contribution in [3.05, 3.63) is 107 Å². The number of aromatic nitrogens is 2. The van der Waals surface area contributed by atoms with Crippen molar-refractivity contribution in [3.63, 3.8) is 0 Å². The molecule has 8 heteroatoms. The van der Waals surface area contributed by atoms with Gasteiger partial charge in [0.25, 0.3) is 0 Å². The molecule has 1 heterocycles. The lowest BCUT2D eigenvalue weighted by molar-refractivity contribution is -0.137. The van der Waals surface area contributed by atoms with Gasteiger partial charge in [-0.15, -0.1) is 11.8 Å². The third kappa shape index (κ3) is 5.62. The van der Waals surface area contributed by atoms with E-state index in [2.05, 4.69) is 5.10 Å². The number of hydrogen-bond acceptors (Lipinski definition) is 3. The number of rotatable bonds is 7. The number of benzene rings is 3. The van der Waals surface area contributed by atoms with Crippen LogP contribution in [-0.4, -0.2) is 14.9 Å². The zero-order valence-electron chi connectivity index (χ0n) is 18.3. The lowest BCUT2D eigenvalue weighted by atomic mass is 10.1. The smallest absolute Gasteiger partial charge is 0.416 e. The molecule has 0 saturated carbocycles. The zero-order valence-corrected chi connectivity index (χ0v) is 19.1. The highest BCUT2D eigenvalue weighted by atomic mass is 32.2. The van der Waals surface area contributed by atoms with Crippen LogP contribution in [0.1, 0.15) is 27.9 Å². The molecule has 4 aromatic rings. The molecular weight excluding hydrogens is 464 g/mol. The molecule has 0 saturated heterocycles. The van der Waals surface area contributed by atoms with E-state index in [0.29, 0.717) is 29.8 Å². The van der Waals surface area contributed by atoms with Gasteiger partial charge in [0.05, 0.1) is 16.9 Å². The number of aryl methyl sites for hydroxylation is 3. The van der Waals surface area contributed by atoms with Gasteiger partial charge in [-0.3, -0.25) is 0 Å². The van der Waals surface area contributed by atoms with Gasteiger partial charge in [0.15, 0.2) is 0 Å². The maximum Gasteiger partial charge on any atom is 0.416 e. The molecule has 0 aliphatic rings. The predicted octanol–water partition coefficient (Wildman–Crippen LogP) is 7.12. The summed E-state index contributed by atoms with van der Waals surface area (Å²) >= 11 is 1.56. The summed E-state index contributed by atoms with van der Waals surface area (Å²) in [5.41, 5.74) is 2.81. The molecule has 0 atom stereocenters. The predicted molar refractivity (Wildman–Crippen MR) is 125 cm³/mol. The van der Waals surface area contributed by atoms with Crippen LogP contribution in [0.2, 0.25) is 0 Å². The number of thioether (sulfide) groups is 1. The van der Waals surface area contributed by atoms with Gasteiger partial charge < -0.3 is 5.11 Å². The van der Waals surface area contributed by atoms with E-state index in [0.717, 1.165) is 33.8 Å². The van der Waals surface area contributed by atoms with Crippen molar-refractivity contribution < 1.29 is 22.7 Å². The van der Waals surface area contributed by atoms with Crippen LogP contribution < -0.4 is 0 Å². The Labute approximate surface area is 199 Å². The number of nitrogens with zero attached hydrogens (tertiary/aromatic N) is 2. The summed E-state index contributed by atoms with van der Waals surface area (Å²) in [7, 11) is 0. The SMILES string of the molecule is Cc1cc(SCc2cn(-c3ccc(C(F)(F)F)cc3)nc2CCc2ccccc2F)ccc1O. The monoisotopic (exact) mass is 486 g/mol. The fraction of sp³-hybridized carbons (Fsp3) is 0.192. The highest BCUT2D eigenvalue weighted by Crippen LogP contribution is 2.31. The molecule has 1 aromatic heterocycles. The van der Waals surface area contributed by atoms with E-state index in [1.54, 1.807) is 46.9 Å². The summed E-state index contributed by atoms with van der Waals surface area (Å²) in [5.74, 6) is 0.516. The molecule has 0 aliphatic carbocycles. The topological polar surface area (TPSA) is 38.0 Å². The van der Waals surface area contributed by atoms with Crippen molar-refractivity contribution in [2.45, 2.75) is 36.6 Å². The summed E-state index contributed by atoms with van der Waals surface area (Å²) in [6.07, 6.45) is -1.66. The Morgan fingerprint density at radius 2 is 1.68 bits per heavy atom. The van der Waals surface area contributed by atoms with Crippen LogP contribution in [0.4, 0.5) is 17.6 Å². The minimum absolute atomic E-state index is 0.227. The molecule has 0 spiro atoms. The minimum Gasteiger partial charge on any atom is -0.508 e. The minimum atomic E-state index is -4.41. The van der Waals surface area contributed by atoms with Crippen LogP contribution in [0.3, 0.4) is 0 Å². The lowest BCUT2D eigenvalue weighted by Gasteiger charge is -2.07. The molecule has 3 aromatic carbocycles. The van der Waals surface area contributed by atoms with Crippen LogP contribution in [-0.2, 0) is 24.8 Å². The van der Waals surface area contributed by atoms with Gasteiger partial charge in [0.2, 0.25) is 0 Å². The van der Waals surface area contributed by atoms with E-state index in [1.807, 2.05) is 19.1 Å². The Morgan fingerprint density at radius 3 is 2.35 bits per heavy atom. The van der Waals surface area contributed by atoms with E-state index in [1.165, 1.54) is 18.2 Å². The molecule has 0 aliphatic heterocycles. The van der Waals surface area contributed by atoms with E-state index in [-0.39, 0.29) is 11.6 Å². The molecule has 4 rings (SSSR count). The van der Waals surface area contributed by atoms with Crippen LogP contribution in [0.5, 0.6) is 5.75 Å². The first kappa shape index (κ1) is 23.9. The number of hydrogen-bond donors (Lipinski definition) is 1. The summed E-state index contributed by atoms with van der Waals surface area (Å²) in [6.45, 7) is 1.82. The van der Waals surface area contributed by atoms with E-state index < -0.39 is 11.7 Å². The van der Waals surface area contributed by atoms with Gasteiger partial charge >= 0.3 is 6.18 Å². The molecule has 3 nitrogen and oxygen atoms in total. The fourth-order valence-corrected chi connectivity index (χ4v) is 4.53. The first-order valence-corrected chi connectivity index (χ1v) is 11.6. The lowest BCUT2D eigenvalue weighted by Crippen LogP contribution is -2.05. The average Bonchev–Trinajstić information content (AvgIpc) is 3.22. The Hall–Kier alpha value is -3.26. The third-order valence-electron chi connectivity index (χ3n) is 5.49. The second-order valence-corrected chi connectivity index (χ2v) is 8.97. The number of halogens is 4. The Morgan fingerprint density at radius 1 is 0.941 bits per heavy atom.